The van der Waals surface area contributed by atoms with Crippen molar-refractivity contribution in [3.05, 3.63) is 40.2 Å². The van der Waals surface area contributed by atoms with E-state index in [9.17, 15) is 9.59 Å². The minimum atomic E-state index is -0.807. The van der Waals surface area contributed by atoms with Gasteiger partial charge in [0.1, 0.15) is 16.9 Å². The molecule has 0 aliphatic rings. The number of benzene rings is 1. The van der Waals surface area contributed by atoms with Crippen molar-refractivity contribution in [3.8, 4) is 5.75 Å². The third kappa shape index (κ3) is 4.46. The predicted octanol–water partition coefficient (Wildman–Crippen LogP) is 0.350. The fourth-order valence-corrected chi connectivity index (χ4v) is 1.40. The molecule has 0 saturated carbocycles. The number of ether oxygens (including phenoxy) is 1. The zero-order valence-corrected chi connectivity index (χ0v) is 12.3. The Kier molecular flexibility index (Phi) is 5.67. The van der Waals surface area contributed by atoms with Crippen LogP contribution >= 0.6 is 12.2 Å². The summed E-state index contributed by atoms with van der Waals surface area (Å²) in [6.45, 7) is 0. The highest BCUT2D eigenvalue weighted by Gasteiger charge is 2.10. The van der Waals surface area contributed by atoms with E-state index in [2.05, 4.69) is 17.5 Å². The minimum absolute atomic E-state index is 0.166. The van der Waals surface area contributed by atoms with Crippen LogP contribution in [0, 0.1) is 0 Å². The van der Waals surface area contributed by atoms with Gasteiger partial charge in [0.05, 0.1) is 7.11 Å². The molecule has 112 valence electrons. The first-order valence-corrected chi connectivity index (χ1v) is 6.18. The van der Waals surface area contributed by atoms with Crippen LogP contribution in [-0.2, 0) is 0 Å². The first-order valence-electron chi connectivity index (χ1n) is 5.78. The first kappa shape index (κ1) is 16.4. The molecule has 1 aromatic carbocycles. The Morgan fingerprint density at radius 2 is 1.95 bits per heavy atom. The Labute approximate surface area is 125 Å². The summed E-state index contributed by atoms with van der Waals surface area (Å²) in [6, 6.07) is 6.31. The number of nitrogens with two attached hydrogens (primary N) is 2. The lowest BCUT2D eigenvalue weighted by Crippen LogP contribution is -2.24. The summed E-state index contributed by atoms with van der Waals surface area (Å²) in [5, 5.41) is 3.47. The summed E-state index contributed by atoms with van der Waals surface area (Å²) in [4.78, 5) is 22.3. The van der Waals surface area contributed by atoms with Gasteiger partial charge in [0.2, 0.25) is 0 Å². The summed E-state index contributed by atoms with van der Waals surface area (Å²) < 4.78 is 9.96. The van der Waals surface area contributed by atoms with E-state index in [0.29, 0.717) is 21.8 Å². The molecule has 21 heavy (non-hydrogen) atoms. The van der Waals surface area contributed by atoms with Crippen molar-refractivity contribution in [2.75, 3.05) is 14.2 Å². The average molecular weight is 309 g/mol. The molecule has 2 rings (SSSR count). The maximum absolute atomic E-state index is 11.3. The molecule has 2 aromatic rings. The van der Waals surface area contributed by atoms with Crippen molar-refractivity contribution in [2.45, 2.75) is 0 Å². The van der Waals surface area contributed by atoms with Gasteiger partial charge in [-0.25, -0.2) is 4.79 Å². The molecule has 1 aromatic heterocycles. The summed E-state index contributed by atoms with van der Waals surface area (Å²) in [5.74, 6) is -0.199. The molecule has 0 radical (unpaired) electrons. The molecule has 0 saturated heterocycles. The molecule has 0 atom stereocenters. The molecule has 0 bridgehead atoms. The Morgan fingerprint density at radius 1 is 1.33 bits per heavy atom. The maximum Gasteiger partial charge on any atom is 0.349 e. The summed E-state index contributed by atoms with van der Waals surface area (Å²) in [5.41, 5.74) is 9.45. The third-order valence-corrected chi connectivity index (χ3v) is 2.66. The minimum Gasteiger partial charge on any atom is -0.497 e. The van der Waals surface area contributed by atoms with Crippen molar-refractivity contribution in [1.29, 1.82) is 0 Å². The van der Waals surface area contributed by atoms with Gasteiger partial charge in [0.25, 0.3) is 5.91 Å². The smallest absolute Gasteiger partial charge is 0.349 e. The largest absolute Gasteiger partial charge is 0.497 e. The fraction of sp³-hybridized carbons (Fsp3) is 0.154. The quantitative estimate of drug-likeness (QED) is 0.540. The number of amides is 1. The van der Waals surface area contributed by atoms with Crippen molar-refractivity contribution in [1.82, 2.24) is 5.32 Å². The van der Waals surface area contributed by atoms with Crippen molar-refractivity contribution in [3.63, 3.8) is 0 Å². The zero-order valence-electron chi connectivity index (χ0n) is 11.5. The van der Waals surface area contributed by atoms with E-state index in [1.807, 2.05) is 0 Å². The number of methoxy groups -OCH3 is 1. The van der Waals surface area contributed by atoms with Gasteiger partial charge in [0, 0.05) is 12.4 Å². The van der Waals surface area contributed by atoms with Crippen LogP contribution in [0.5, 0.6) is 5.75 Å². The summed E-state index contributed by atoms with van der Waals surface area (Å²) in [6.07, 6.45) is 0. The lowest BCUT2D eigenvalue weighted by Gasteiger charge is -2.02. The van der Waals surface area contributed by atoms with E-state index in [0.717, 1.165) is 0 Å². The van der Waals surface area contributed by atoms with E-state index < -0.39 is 11.5 Å². The van der Waals surface area contributed by atoms with Crippen LogP contribution in [0.2, 0.25) is 0 Å². The number of fused-ring (bicyclic) bond motifs is 1. The van der Waals surface area contributed by atoms with Crippen molar-refractivity contribution in [2.24, 2.45) is 11.5 Å². The first-order chi connectivity index (χ1) is 9.88. The second-order valence-corrected chi connectivity index (χ2v) is 4.27. The van der Waals surface area contributed by atoms with Gasteiger partial charge in [-0.2, -0.15) is 0 Å². The average Bonchev–Trinajstić information content (AvgIpc) is 2.46. The molecule has 0 aliphatic heterocycles. The van der Waals surface area contributed by atoms with Crippen LogP contribution in [0.4, 0.5) is 0 Å². The molecular weight excluding hydrogens is 294 g/mol. The van der Waals surface area contributed by atoms with Gasteiger partial charge in [-0.1, -0.05) is 0 Å². The summed E-state index contributed by atoms with van der Waals surface area (Å²) in [7, 11) is 3.21. The number of thiocarbonyl (C=S) groups is 1. The van der Waals surface area contributed by atoms with E-state index in [4.69, 9.17) is 20.6 Å². The number of primary amides is 1. The standard InChI is InChI=1S/C11H9NO4.C2H6N2S/c1-15-7-2-3-9-6(4-7)5-8(10(12)13)11(14)16-9;1-4-2(3)5/h2-5H,1H3,(H2,12,13);1H3,(H3,3,4,5). The van der Waals surface area contributed by atoms with E-state index in [1.54, 1.807) is 25.2 Å². The van der Waals surface area contributed by atoms with E-state index in [-0.39, 0.29) is 5.56 Å². The summed E-state index contributed by atoms with van der Waals surface area (Å²) >= 11 is 4.36. The molecule has 0 fully saturated rings. The van der Waals surface area contributed by atoms with Crippen LogP contribution < -0.4 is 27.1 Å². The van der Waals surface area contributed by atoms with Gasteiger partial charge in [-0.05, 0) is 36.5 Å². The zero-order chi connectivity index (χ0) is 16.0. The monoisotopic (exact) mass is 309 g/mol. The highest BCUT2D eigenvalue weighted by atomic mass is 32.1. The van der Waals surface area contributed by atoms with E-state index in [1.165, 1.54) is 13.2 Å². The molecule has 0 unspecified atom stereocenters. The van der Waals surface area contributed by atoms with Gasteiger partial charge in [-0.15, -0.1) is 0 Å². The van der Waals surface area contributed by atoms with Gasteiger partial charge >= 0.3 is 5.63 Å². The molecular formula is C13H15N3O4S. The Bertz CT molecular complexity index is 727. The molecule has 8 heteroatoms. The predicted molar refractivity (Wildman–Crippen MR) is 83.4 cm³/mol. The number of hydrogen-bond donors (Lipinski definition) is 3. The fourth-order valence-electron chi connectivity index (χ4n) is 1.40. The maximum atomic E-state index is 11.3. The second-order valence-electron chi connectivity index (χ2n) is 3.83. The number of nitrogens with one attached hydrogen (secondary N) is 1. The molecule has 5 N–H and O–H groups in total. The number of carbonyl (C=O) groups excluding carboxylic acids is 1. The molecule has 7 nitrogen and oxygen atoms in total. The normalized spacial score (nSPS) is 9.43. The van der Waals surface area contributed by atoms with Crippen molar-refractivity contribution < 1.29 is 13.9 Å². The van der Waals surface area contributed by atoms with Gasteiger partial charge in [0.15, 0.2) is 5.11 Å². The second kappa shape index (κ2) is 7.25. The van der Waals surface area contributed by atoms with Gasteiger partial charge in [-0.3, -0.25) is 4.79 Å². The SMILES string of the molecule is CNC(N)=S.COc1ccc2oc(=O)c(C(N)=O)cc2c1. The molecule has 0 aliphatic carbocycles. The van der Waals surface area contributed by atoms with Crippen LogP contribution in [0.1, 0.15) is 10.4 Å². The lowest BCUT2D eigenvalue weighted by molar-refractivity contribution is 0.0997. The highest BCUT2D eigenvalue weighted by molar-refractivity contribution is 7.80. The van der Waals surface area contributed by atoms with Crippen molar-refractivity contribution >= 4 is 34.2 Å². The highest BCUT2D eigenvalue weighted by Crippen LogP contribution is 2.19. The Morgan fingerprint density at radius 3 is 2.43 bits per heavy atom. The Balaban J connectivity index is 0.000000383. The number of carbonyl (C=O) groups is 1. The number of hydrogen-bond acceptors (Lipinski definition) is 5. The molecule has 1 heterocycles. The van der Waals surface area contributed by atoms with Crippen LogP contribution in [0.25, 0.3) is 11.0 Å². The lowest BCUT2D eigenvalue weighted by atomic mass is 10.2. The molecule has 0 spiro atoms. The topological polar surface area (TPSA) is 121 Å². The third-order valence-electron chi connectivity index (χ3n) is 2.45. The van der Waals surface area contributed by atoms with Crippen LogP contribution in [-0.4, -0.2) is 25.2 Å². The van der Waals surface area contributed by atoms with Crippen LogP contribution in [0.15, 0.2) is 33.5 Å². The van der Waals surface area contributed by atoms with Gasteiger partial charge < -0.3 is 25.9 Å². The molecule has 1 amide bonds. The van der Waals surface area contributed by atoms with Crippen LogP contribution in [0.3, 0.4) is 0 Å². The van der Waals surface area contributed by atoms with E-state index >= 15 is 0 Å². The number of rotatable bonds is 2. The Hall–Kier alpha value is -2.61.